The Morgan fingerprint density at radius 3 is 2.56 bits per heavy atom. The van der Waals surface area contributed by atoms with Crippen molar-refractivity contribution in [1.29, 1.82) is 0 Å². The van der Waals surface area contributed by atoms with E-state index in [0.717, 1.165) is 0 Å². The molecule has 0 fully saturated rings. The molecular weight excluding hydrogens is 224 g/mol. The van der Waals surface area contributed by atoms with E-state index in [-0.39, 0.29) is 12.3 Å². The molecule has 0 aromatic carbocycles. The van der Waals surface area contributed by atoms with Crippen molar-refractivity contribution in [2.45, 2.75) is 33.1 Å². The Hall–Kier alpha value is -0.490. The molecule has 1 rings (SSSR count). The first-order valence-corrected chi connectivity index (χ1v) is 6.50. The van der Waals surface area contributed by atoms with Crippen molar-refractivity contribution in [3.8, 4) is 0 Å². The SMILES string of the molecule is CCOC(CNC(C)c1cncs1)OCC. The molecule has 1 aromatic rings. The van der Waals surface area contributed by atoms with Crippen LogP contribution in [0.5, 0.6) is 0 Å². The van der Waals surface area contributed by atoms with Crippen molar-refractivity contribution in [2.75, 3.05) is 19.8 Å². The highest BCUT2D eigenvalue weighted by Crippen LogP contribution is 2.16. The molecule has 0 bridgehead atoms. The summed E-state index contributed by atoms with van der Waals surface area (Å²) in [5, 5.41) is 3.38. The van der Waals surface area contributed by atoms with Crippen molar-refractivity contribution in [3.63, 3.8) is 0 Å². The van der Waals surface area contributed by atoms with Gasteiger partial charge in [0.05, 0.1) is 5.51 Å². The second kappa shape index (κ2) is 7.73. The van der Waals surface area contributed by atoms with E-state index in [2.05, 4.69) is 17.2 Å². The summed E-state index contributed by atoms with van der Waals surface area (Å²) >= 11 is 1.65. The number of hydrogen-bond donors (Lipinski definition) is 1. The highest BCUT2D eigenvalue weighted by molar-refractivity contribution is 7.09. The largest absolute Gasteiger partial charge is 0.352 e. The zero-order valence-corrected chi connectivity index (χ0v) is 10.9. The van der Waals surface area contributed by atoms with Crippen LogP contribution in [0.3, 0.4) is 0 Å². The molecule has 1 heterocycles. The lowest BCUT2D eigenvalue weighted by molar-refractivity contribution is -0.133. The predicted octanol–water partition coefficient (Wildman–Crippen LogP) is 2.19. The molecule has 16 heavy (non-hydrogen) atoms. The maximum absolute atomic E-state index is 5.45. The van der Waals surface area contributed by atoms with Crippen molar-refractivity contribution in [1.82, 2.24) is 10.3 Å². The van der Waals surface area contributed by atoms with Crippen LogP contribution in [0.1, 0.15) is 31.7 Å². The van der Waals surface area contributed by atoms with Crippen LogP contribution in [0, 0.1) is 0 Å². The summed E-state index contributed by atoms with van der Waals surface area (Å²) in [6.07, 6.45) is 1.73. The van der Waals surface area contributed by atoms with Crippen LogP contribution in [0.4, 0.5) is 0 Å². The second-order valence-corrected chi connectivity index (χ2v) is 4.29. The Morgan fingerprint density at radius 2 is 2.06 bits per heavy atom. The highest BCUT2D eigenvalue weighted by Gasteiger charge is 2.11. The molecule has 0 saturated heterocycles. The Bertz CT molecular complexity index is 261. The Balaban J connectivity index is 2.30. The lowest BCUT2D eigenvalue weighted by atomic mass is 10.3. The number of ether oxygens (including phenoxy) is 2. The van der Waals surface area contributed by atoms with Gasteiger partial charge in [-0.15, -0.1) is 11.3 Å². The lowest BCUT2D eigenvalue weighted by Gasteiger charge is -2.19. The minimum Gasteiger partial charge on any atom is -0.352 e. The Kier molecular flexibility index (Phi) is 6.56. The van der Waals surface area contributed by atoms with E-state index in [1.54, 1.807) is 11.3 Å². The second-order valence-electron chi connectivity index (χ2n) is 3.37. The van der Waals surface area contributed by atoms with Crippen molar-refractivity contribution in [3.05, 3.63) is 16.6 Å². The highest BCUT2D eigenvalue weighted by atomic mass is 32.1. The van der Waals surface area contributed by atoms with Crippen LogP contribution >= 0.6 is 11.3 Å². The smallest absolute Gasteiger partial charge is 0.169 e. The fraction of sp³-hybridized carbons (Fsp3) is 0.727. The van der Waals surface area contributed by atoms with Crippen LogP contribution in [0.2, 0.25) is 0 Å². The number of aromatic nitrogens is 1. The first-order valence-electron chi connectivity index (χ1n) is 5.62. The van der Waals surface area contributed by atoms with Gasteiger partial charge in [-0.2, -0.15) is 0 Å². The molecule has 1 unspecified atom stereocenters. The van der Waals surface area contributed by atoms with Gasteiger partial charge in [0.25, 0.3) is 0 Å². The predicted molar refractivity (Wildman–Crippen MR) is 65.6 cm³/mol. The van der Waals surface area contributed by atoms with Crippen molar-refractivity contribution in [2.24, 2.45) is 0 Å². The normalized spacial score (nSPS) is 13.2. The molecule has 1 aromatic heterocycles. The number of nitrogens with zero attached hydrogens (tertiary/aromatic N) is 1. The van der Waals surface area contributed by atoms with Crippen LogP contribution in [-0.2, 0) is 9.47 Å². The van der Waals surface area contributed by atoms with E-state index in [9.17, 15) is 0 Å². The minimum absolute atomic E-state index is 0.162. The maximum Gasteiger partial charge on any atom is 0.169 e. The van der Waals surface area contributed by atoms with Crippen LogP contribution in [0.25, 0.3) is 0 Å². The lowest BCUT2D eigenvalue weighted by Crippen LogP contribution is -2.32. The summed E-state index contributed by atoms with van der Waals surface area (Å²) in [6.45, 7) is 8.09. The third kappa shape index (κ3) is 4.57. The first-order chi connectivity index (χ1) is 7.77. The molecule has 4 nitrogen and oxygen atoms in total. The molecule has 92 valence electrons. The van der Waals surface area contributed by atoms with E-state index in [1.165, 1.54) is 4.88 Å². The molecule has 0 aliphatic rings. The third-order valence-electron chi connectivity index (χ3n) is 2.17. The van der Waals surface area contributed by atoms with Gasteiger partial charge in [-0.05, 0) is 20.8 Å². The standard InChI is InChI=1S/C11H20N2O2S/c1-4-14-11(15-5-2)7-13-9(3)10-6-12-8-16-10/h6,8-9,11,13H,4-5,7H2,1-3H3. The van der Waals surface area contributed by atoms with Gasteiger partial charge in [0, 0.05) is 36.9 Å². The van der Waals surface area contributed by atoms with Gasteiger partial charge in [0.2, 0.25) is 0 Å². The van der Waals surface area contributed by atoms with E-state index in [1.807, 2.05) is 25.6 Å². The summed E-state index contributed by atoms with van der Waals surface area (Å²) in [4.78, 5) is 5.29. The Morgan fingerprint density at radius 1 is 1.38 bits per heavy atom. The van der Waals surface area contributed by atoms with Crippen LogP contribution < -0.4 is 5.32 Å². The third-order valence-corrected chi connectivity index (χ3v) is 3.13. The monoisotopic (exact) mass is 244 g/mol. The number of hydrogen-bond acceptors (Lipinski definition) is 5. The summed E-state index contributed by atoms with van der Waals surface area (Å²) < 4.78 is 10.9. The molecule has 0 radical (unpaired) electrons. The molecule has 0 aliphatic carbocycles. The van der Waals surface area contributed by atoms with Crippen LogP contribution in [0.15, 0.2) is 11.7 Å². The molecule has 1 atom stereocenters. The molecule has 0 saturated carbocycles. The summed E-state index contributed by atoms with van der Waals surface area (Å²) in [6, 6.07) is 0.288. The summed E-state index contributed by atoms with van der Waals surface area (Å²) in [5.74, 6) is 0. The van der Waals surface area contributed by atoms with Gasteiger partial charge in [-0.1, -0.05) is 0 Å². The quantitative estimate of drug-likeness (QED) is 0.712. The molecule has 1 N–H and O–H groups in total. The molecule has 0 aliphatic heterocycles. The fourth-order valence-electron chi connectivity index (χ4n) is 1.35. The average molecular weight is 244 g/mol. The van der Waals surface area contributed by atoms with Crippen molar-refractivity contribution < 1.29 is 9.47 Å². The average Bonchev–Trinajstić information content (AvgIpc) is 2.79. The number of thiazole rings is 1. The maximum atomic E-state index is 5.45. The summed E-state index contributed by atoms with van der Waals surface area (Å²) in [7, 11) is 0. The zero-order chi connectivity index (χ0) is 11.8. The van der Waals surface area contributed by atoms with Gasteiger partial charge in [-0.25, -0.2) is 0 Å². The first kappa shape index (κ1) is 13.6. The van der Waals surface area contributed by atoms with E-state index < -0.39 is 0 Å². The number of nitrogens with one attached hydrogen (secondary N) is 1. The zero-order valence-electron chi connectivity index (χ0n) is 10.1. The van der Waals surface area contributed by atoms with Gasteiger partial charge >= 0.3 is 0 Å². The van der Waals surface area contributed by atoms with E-state index in [4.69, 9.17) is 9.47 Å². The van der Waals surface area contributed by atoms with Gasteiger partial charge in [-0.3, -0.25) is 4.98 Å². The van der Waals surface area contributed by atoms with Crippen molar-refractivity contribution >= 4 is 11.3 Å². The minimum atomic E-state index is -0.162. The summed E-state index contributed by atoms with van der Waals surface area (Å²) in [5.41, 5.74) is 1.84. The molecule has 5 heteroatoms. The van der Waals surface area contributed by atoms with Gasteiger partial charge in [0.15, 0.2) is 6.29 Å². The fourth-order valence-corrected chi connectivity index (χ4v) is 2.00. The van der Waals surface area contributed by atoms with Gasteiger partial charge in [0.1, 0.15) is 0 Å². The molecule has 0 spiro atoms. The molecular formula is C11H20N2O2S. The van der Waals surface area contributed by atoms with E-state index >= 15 is 0 Å². The topological polar surface area (TPSA) is 43.4 Å². The van der Waals surface area contributed by atoms with E-state index in [0.29, 0.717) is 19.8 Å². The van der Waals surface area contributed by atoms with Crippen LogP contribution in [-0.4, -0.2) is 31.0 Å². The Labute approximate surface area is 101 Å². The molecule has 0 amide bonds. The van der Waals surface area contributed by atoms with Gasteiger partial charge < -0.3 is 14.8 Å². The number of rotatable bonds is 8.